The lowest BCUT2D eigenvalue weighted by atomic mass is 10.0. The van der Waals surface area contributed by atoms with Crippen LogP contribution in [0.4, 0.5) is 0 Å². The largest absolute Gasteiger partial charge is 0.316 e. The Kier molecular flexibility index (Phi) is 7.03. The van der Waals surface area contributed by atoms with Crippen LogP contribution < -0.4 is 10.6 Å². The zero-order valence-corrected chi connectivity index (χ0v) is 10.5. The van der Waals surface area contributed by atoms with E-state index in [0.717, 1.165) is 5.92 Å². The first-order chi connectivity index (χ1) is 7.33. The van der Waals surface area contributed by atoms with Crippen LogP contribution in [0.5, 0.6) is 0 Å². The average molecular weight is 212 g/mol. The molecule has 0 amide bonds. The van der Waals surface area contributed by atoms with E-state index in [9.17, 15) is 0 Å². The van der Waals surface area contributed by atoms with Crippen molar-refractivity contribution in [3.05, 3.63) is 0 Å². The third-order valence-electron chi connectivity index (χ3n) is 3.45. The maximum atomic E-state index is 3.64. The molecular formula is C13H28N2. The van der Waals surface area contributed by atoms with E-state index in [2.05, 4.69) is 24.5 Å². The summed E-state index contributed by atoms with van der Waals surface area (Å²) < 4.78 is 0. The van der Waals surface area contributed by atoms with Crippen molar-refractivity contribution in [2.45, 2.75) is 58.4 Å². The smallest absolute Gasteiger partial charge is 0.00387 e. The molecule has 15 heavy (non-hydrogen) atoms. The number of hydrogen-bond donors (Lipinski definition) is 2. The van der Waals surface area contributed by atoms with E-state index in [4.69, 9.17) is 0 Å². The summed E-state index contributed by atoms with van der Waals surface area (Å²) in [5.74, 6) is 0.931. The molecule has 0 aromatic rings. The molecule has 1 aliphatic heterocycles. The Morgan fingerprint density at radius 1 is 1.40 bits per heavy atom. The minimum atomic E-state index is 0.714. The first-order valence-electron chi connectivity index (χ1n) is 6.77. The molecule has 1 saturated heterocycles. The Hall–Kier alpha value is -0.0800. The molecule has 0 aromatic carbocycles. The molecule has 0 saturated carbocycles. The summed E-state index contributed by atoms with van der Waals surface area (Å²) in [6.45, 7) is 8.27. The molecule has 1 fully saturated rings. The van der Waals surface area contributed by atoms with Crippen LogP contribution >= 0.6 is 0 Å². The molecule has 0 spiro atoms. The van der Waals surface area contributed by atoms with E-state index in [0.29, 0.717) is 6.04 Å². The Morgan fingerprint density at radius 2 is 2.27 bits per heavy atom. The molecule has 90 valence electrons. The van der Waals surface area contributed by atoms with Gasteiger partial charge in [0.25, 0.3) is 0 Å². The van der Waals surface area contributed by atoms with Gasteiger partial charge in [-0.05, 0) is 51.7 Å². The van der Waals surface area contributed by atoms with Gasteiger partial charge in [0.2, 0.25) is 0 Å². The lowest BCUT2D eigenvalue weighted by molar-refractivity contribution is 0.441. The van der Waals surface area contributed by atoms with Crippen LogP contribution in [0.25, 0.3) is 0 Å². The second-order valence-electron chi connectivity index (χ2n) is 5.00. The fourth-order valence-electron chi connectivity index (χ4n) is 2.30. The summed E-state index contributed by atoms with van der Waals surface area (Å²) >= 11 is 0. The SMILES string of the molecule is CCCCCC(C)NCCC1CCNC1. The zero-order valence-electron chi connectivity index (χ0n) is 10.5. The summed E-state index contributed by atoms with van der Waals surface area (Å²) in [5.41, 5.74) is 0. The molecule has 2 unspecified atom stereocenters. The van der Waals surface area contributed by atoms with Gasteiger partial charge in [-0.1, -0.05) is 26.2 Å². The average Bonchev–Trinajstić information content (AvgIpc) is 2.71. The minimum absolute atomic E-state index is 0.714. The first-order valence-corrected chi connectivity index (χ1v) is 6.77. The predicted octanol–water partition coefficient (Wildman–Crippen LogP) is 2.54. The third-order valence-corrected chi connectivity index (χ3v) is 3.45. The summed E-state index contributed by atoms with van der Waals surface area (Å²) in [6, 6.07) is 0.714. The summed E-state index contributed by atoms with van der Waals surface area (Å²) in [6.07, 6.45) is 8.18. The molecule has 1 heterocycles. The van der Waals surface area contributed by atoms with Crippen molar-refractivity contribution in [3.63, 3.8) is 0 Å². The highest BCUT2D eigenvalue weighted by Crippen LogP contribution is 2.11. The molecule has 1 rings (SSSR count). The van der Waals surface area contributed by atoms with Crippen LogP contribution in [0.15, 0.2) is 0 Å². The fraction of sp³-hybridized carbons (Fsp3) is 1.00. The Bertz CT molecular complexity index is 141. The summed E-state index contributed by atoms with van der Waals surface area (Å²) in [7, 11) is 0. The van der Waals surface area contributed by atoms with Crippen molar-refractivity contribution in [1.82, 2.24) is 10.6 Å². The summed E-state index contributed by atoms with van der Waals surface area (Å²) in [5, 5.41) is 7.07. The first kappa shape index (κ1) is 13.0. The highest BCUT2D eigenvalue weighted by molar-refractivity contribution is 4.72. The van der Waals surface area contributed by atoms with E-state index >= 15 is 0 Å². The molecule has 2 nitrogen and oxygen atoms in total. The van der Waals surface area contributed by atoms with Crippen LogP contribution in [0, 0.1) is 5.92 Å². The topological polar surface area (TPSA) is 24.1 Å². The van der Waals surface area contributed by atoms with Crippen LogP contribution in [-0.4, -0.2) is 25.7 Å². The lowest BCUT2D eigenvalue weighted by Crippen LogP contribution is -2.28. The highest BCUT2D eigenvalue weighted by atomic mass is 14.9. The predicted molar refractivity (Wildman–Crippen MR) is 67.2 cm³/mol. The Balaban J connectivity index is 1.89. The number of rotatable bonds is 8. The van der Waals surface area contributed by atoms with Gasteiger partial charge in [-0.25, -0.2) is 0 Å². The second kappa shape index (κ2) is 8.12. The van der Waals surface area contributed by atoms with Gasteiger partial charge in [-0.15, -0.1) is 0 Å². The van der Waals surface area contributed by atoms with E-state index in [1.54, 1.807) is 0 Å². The van der Waals surface area contributed by atoms with Crippen molar-refractivity contribution < 1.29 is 0 Å². The van der Waals surface area contributed by atoms with Crippen molar-refractivity contribution in [3.8, 4) is 0 Å². The van der Waals surface area contributed by atoms with Gasteiger partial charge in [0.1, 0.15) is 0 Å². The van der Waals surface area contributed by atoms with Gasteiger partial charge in [0.05, 0.1) is 0 Å². The van der Waals surface area contributed by atoms with Crippen molar-refractivity contribution in [2.75, 3.05) is 19.6 Å². The van der Waals surface area contributed by atoms with Crippen molar-refractivity contribution in [2.24, 2.45) is 5.92 Å². The van der Waals surface area contributed by atoms with Crippen molar-refractivity contribution in [1.29, 1.82) is 0 Å². The molecular weight excluding hydrogens is 184 g/mol. The van der Waals surface area contributed by atoms with E-state index in [1.165, 1.54) is 58.2 Å². The lowest BCUT2D eigenvalue weighted by Gasteiger charge is -2.15. The van der Waals surface area contributed by atoms with Crippen LogP contribution in [0.2, 0.25) is 0 Å². The normalized spacial score (nSPS) is 23.2. The second-order valence-corrected chi connectivity index (χ2v) is 5.00. The monoisotopic (exact) mass is 212 g/mol. The Morgan fingerprint density at radius 3 is 2.93 bits per heavy atom. The standard InChI is InChI=1S/C13H28N2/c1-3-4-5-6-12(2)15-10-8-13-7-9-14-11-13/h12-15H,3-11H2,1-2H3. The zero-order chi connectivity index (χ0) is 10.9. The fourth-order valence-corrected chi connectivity index (χ4v) is 2.30. The number of hydrogen-bond acceptors (Lipinski definition) is 2. The van der Waals surface area contributed by atoms with E-state index < -0.39 is 0 Å². The van der Waals surface area contributed by atoms with Crippen LogP contribution in [0.3, 0.4) is 0 Å². The maximum Gasteiger partial charge on any atom is 0.00387 e. The Labute approximate surface area is 95.2 Å². The van der Waals surface area contributed by atoms with Gasteiger partial charge >= 0.3 is 0 Å². The van der Waals surface area contributed by atoms with E-state index in [-0.39, 0.29) is 0 Å². The molecule has 0 radical (unpaired) electrons. The molecule has 2 atom stereocenters. The van der Waals surface area contributed by atoms with Gasteiger partial charge in [0, 0.05) is 6.04 Å². The molecule has 0 aliphatic carbocycles. The summed E-state index contributed by atoms with van der Waals surface area (Å²) in [4.78, 5) is 0. The molecule has 2 heteroatoms. The molecule has 0 aromatic heterocycles. The molecule has 2 N–H and O–H groups in total. The van der Waals surface area contributed by atoms with Crippen LogP contribution in [0.1, 0.15) is 52.4 Å². The quantitative estimate of drug-likeness (QED) is 0.604. The van der Waals surface area contributed by atoms with Gasteiger partial charge < -0.3 is 10.6 Å². The highest BCUT2D eigenvalue weighted by Gasteiger charge is 2.13. The van der Waals surface area contributed by atoms with E-state index in [1.807, 2.05) is 0 Å². The molecule has 1 aliphatic rings. The van der Waals surface area contributed by atoms with Crippen molar-refractivity contribution >= 4 is 0 Å². The van der Waals surface area contributed by atoms with Crippen LogP contribution in [-0.2, 0) is 0 Å². The van der Waals surface area contributed by atoms with Gasteiger partial charge in [-0.2, -0.15) is 0 Å². The third kappa shape index (κ3) is 6.16. The number of nitrogens with one attached hydrogen (secondary N) is 2. The minimum Gasteiger partial charge on any atom is -0.316 e. The maximum absolute atomic E-state index is 3.64. The molecule has 0 bridgehead atoms. The van der Waals surface area contributed by atoms with Gasteiger partial charge in [-0.3, -0.25) is 0 Å². The number of unbranched alkanes of at least 4 members (excludes halogenated alkanes) is 2. The van der Waals surface area contributed by atoms with Gasteiger partial charge in [0.15, 0.2) is 0 Å².